The fourth-order valence-corrected chi connectivity index (χ4v) is 2.86. The van der Waals surface area contributed by atoms with Gasteiger partial charge in [-0.15, -0.1) is 0 Å². The Bertz CT molecular complexity index is 640. The van der Waals surface area contributed by atoms with Crippen LogP contribution >= 0.6 is 11.3 Å². The summed E-state index contributed by atoms with van der Waals surface area (Å²) in [6.45, 7) is 2.10. The number of carbonyl (C=O) groups is 1. The number of anilines is 3. The van der Waals surface area contributed by atoms with Crippen molar-refractivity contribution in [3.8, 4) is 5.75 Å². The smallest absolute Gasteiger partial charge is 0.262 e. The molecule has 1 aromatic heterocycles. The van der Waals surface area contributed by atoms with Crippen molar-refractivity contribution in [2.24, 2.45) is 0 Å². The van der Waals surface area contributed by atoms with Gasteiger partial charge in [0.15, 0.2) is 6.61 Å². The van der Waals surface area contributed by atoms with Gasteiger partial charge in [0.25, 0.3) is 5.91 Å². The van der Waals surface area contributed by atoms with Gasteiger partial charge in [0.1, 0.15) is 5.75 Å². The molecule has 0 saturated heterocycles. The maximum atomic E-state index is 11.3. The van der Waals surface area contributed by atoms with E-state index in [2.05, 4.69) is 29.0 Å². The van der Waals surface area contributed by atoms with Gasteiger partial charge < -0.3 is 21.1 Å². The van der Waals surface area contributed by atoms with E-state index in [4.69, 9.17) is 10.5 Å². The minimum atomic E-state index is -0.154. The molecule has 0 radical (unpaired) electrons. The maximum absolute atomic E-state index is 11.3. The summed E-state index contributed by atoms with van der Waals surface area (Å²) in [6, 6.07) is 5.76. The number of nitrogens with one attached hydrogen (secondary N) is 2. The first-order valence-electron chi connectivity index (χ1n) is 6.28. The van der Waals surface area contributed by atoms with E-state index in [1.54, 1.807) is 17.4 Å². The second-order valence-electron chi connectivity index (χ2n) is 4.70. The molecule has 1 atom stereocenters. The van der Waals surface area contributed by atoms with Crippen LogP contribution in [-0.2, 0) is 4.79 Å². The van der Waals surface area contributed by atoms with Gasteiger partial charge in [0.05, 0.1) is 17.1 Å². The Morgan fingerprint density at radius 3 is 3.10 bits per heavy atom. The van der Waals surface area contributed by atoms with Crippen LogP contribution in [0, 0.1) is 0 Å². The Morgan fingerprint density at radius 2 is 2.35 bits per heavy atom. The molecule has 0 saturated carbocycles. The van der Waals surface area contributed by atoms with E-state index in [1.807, 2.05) is 11.4 Å². The minimum absolute atomic E-state index is 0.0323. The third-order valence-corrected chi connectivity index (χ3v) is 3.90. The number of rotatable bonds is 3. The lowest BCUT2D eigenvalue weighted by Gasteiger charge is -2.22. The van der Waals surface area contributed by atoms with Gasteiger partial charge in [-0.2, -0.15) is 11.3 Å². The van der Waals surface area contributed by atoms with Crippen LogP contribution < -0.4 is 21.1 Å². The number of hydrogen-bond donors (Lipinski definition) is 3. The second-order valence-corrected chi connectivity index (χ2v) is 5.48. The molecule has 1 aromatic carbocycles. The summed E-state index contributed by atoms with van der Waals surface area (Å²) in [4.78, 5) is 11.3. The molecule has 1 aliphatic heterocycles. The number of fused-ring (bicyclic) bond motifs is 1. The summed E-state index contributed by atoms with van der Waals surface area (Å²) in [5, 5.41) is 10.3. The summed E-state index contributed by atoms with van der Waals surface area (Å²) in [5.41, 5.74) is 9.26. The molecule has 5 nitrogen and oxygen atoms in total. The summed E-state index contributed by atoms with van der Waals surface area (Å²) >= 11 is 1.66. The summed E-state index contributed by atoms with van der Waals surface area (Å²) in [7, 11) is 0. The fourth-order valence-electron chi connectivity index (χ4n) is 2.11. The van der Waals surface area contributed by atoms with Crippen LogP contribution in [0.1, 0.15) is 18.5 Å². The first-order chi connectivity index (χ1) is 9.63. The molecule has 3 rings (SSSR count). The molecular formula is C14H15N3O2S. The first-order valence-corrected chi connectivity index (χ1v) is 7.22. The SMILES string of the molecule is CC(Nc1cc2c(cc1N)OCC(=O)N2)c1ccsc1. The van der Waals surface area contributed by atoms with Crippen LogP contribution in [0.2, 0.25) is 0 Å². The molecule has 0 spiro atoms. The number of amides is 1. The highest BCUT2D eigenvalue weighted by Gasteiger charge is 2.18. The molecule has 0 fully saturated rings. The number of nitrogen functional groups attached to an aromatic ring is 1. The Morgan fingerprint density at radius 1 is 1.50 bits per heavy atom. The summed E-state index contributed by atoms with van der Waals surface area (Å²) < 4.78 is 5.33. The van der Waals surface area contributed by atoms with E-state index in [9.17, 15) is 4.79 Å². The van der Waals surface area contributed by atoms with Crippen LogP contribution in [0.25, 0.3) is 0 Å². The lowest BCUT2D eigenvalue weighted by atomic mass is 10.1. The predicted octanol–water partition coefficient (Wildman–Crippen LogP) is 2.83. The van der Waals surface area contributed by atoms with Gasteiger partial charge in [0, 0.05) is 12.1 Å². The van der Waals surface area contributed by atoms with E-state index in [0.717, 1.165) is 5.69 Å². The summed E-state index contributed by atoms with van der Waals surface area (Å²) in [6.07, 6.45) is 0. The van der Waals surface area contributed by atoms with Crippen LogP contribution in [0.15, 0.2) is 29.0 Å². The maximum Gasteiger partial charge on any atom is 0.262 e. The number of carbonyl (C=O) groups excluding carboxylic acids is 1. The minimum Gasteiger partial charge on any atom is -0.482 e. The van der Waals surface area contributed by atoms with Crippen LogP contribution in [-0.4, -0.2) is 12.5 Å². The number of thiophene rings is 1. The number of benzene rings is 1. The van der Waals surface area contributed by atoms with E-state index >= 15 is 0 Å². The topological polar surface area (TPSA) is 76.4 Å². The third-order valence-electron chi connectivity index (χ3n) is 3.20. The average Bonchev–Trinajstić information content (AvgIpc) is 2.94. The molecule has 6 heteroatoms. The molecular weight excluding hydrogens is 274 g/mol. The standard InChI is InChI=1S/C14H15N3O2S/c1-8(9-2-3-20-7-9)16-11-5-12-13(4-10(11)15)19-6-14(18)17-12/h2-5,7-8,16H,6,15H2,1H3,(H,17,18). The van der Waals surface area contributed by atoms with Crippen molar-refractivity contribution < 1.29 is 9.53 Å². The fraction of sp³-hybridized carbons (Fsp3) is 0.214. The van der Waals surface area contributed by atoms with E-state index in [-0.39, 0.29) is 18.6 Å². The highest BCUT2D eigenvalue weighted by molar-refractivity contribution is 7.08. The van der Waals surface area contributed by atoms with Gasteiger partial charge in [0.2, 0.25) is 0 Å². The van der Waals surface area contributed by atoms with Gasteiger partial charge in [-0.25, -0.2) is 0 Å². The van der Waals surface area contributed by atoms with Gasteiger partial charge in [-0.05, 0) is 35.4 Å². The Labute approximate surface area is 120 Å². The molecule has 1 unspecified atom stereocenters. The Balaban J connectivity index is 1.86. The third kappa shape index (κ3) is 2.42. The molecule has 20 heavy (non-hydrogen) atoms. The van der Waals surface area contributed by atoms with Crippen LogP contribution in [0.5, 0.6) is 5.75 Å². The average molecular weight is 289 g/mol. The first kappa shape index (κ1) is 12.8. The van der Waals surface area contributed by atoms with Crippen molar-refractivity contribution in [1.29, 1.82) is 0 Å². The molecule has 104 valence electrons. The van der Waals surface area contributed by atoms with Gasteiger partial charge in [-0.1, -0.05) is 0 Å². The number of ether oxygens (including phenoxy) is 1. The molecule has 1 amide bonds. The predicted molar refractivity (Wildman–Crippen MR) is 81.3 cm³/mol. The quantitative estimate of drug-likeness (QED) is 0.759. The van der Waals surface area contributed by atoms with Gasteiger partial charge >= 0.3 is 0 Å². The van der Waals surface area contributed by atoms with Crippen LogP contribution in [0.3, 0.4) is 0 Å². The van der Waals surface area contributed by atoms with E-state index in [1.165, 1.54) is 5.56 Å². The second kappa shape index (κ2) is 5.05. The van der Waals surface area contributed by atoms with E-state index < -0.39 is 0 Å². The molecule has 2 aromatic rings. The zero-order chi connectivity index (χ0) is 14.1. The molecule has 1 aliphatic rings. The van der Waals surface area contributed by atoms with Crippen molar-refractivity contribution in [1.82, 2.24) is 0 Å². The van der Waals surface area contributed by atoms with Gasteiger partial charge in [-0.3, -0.25) is 4.79 Å². The Hall–Kier alpha value is -2.21. The van der Waals surface area contributed by atoms with Crippen molar-refractivity contribution in [2.45, 2.75) is 13.0 Å². The van der Waals surface area contributed by atoms with E-state index in [0.29, 0.717) is 17.1 Å². The Kier molecular flexibility index (Phi) is 3.23. The number of nitrogens with two attached hydrogens (primary N) is 1. The number of hydrogen-bond acceptors (Lipinski definition) is 5. The van der Waals surface area contributed by atoms with Crippen molar-refractivity contribution >= 4 is 34.3 Å². The molecule has 0 bridgehead atoms. The lowest BCUT2D eigenvalue weighted by molar-refractivity contribution is -0.118. The molecule has 2 heterocycles. The zero-order valence-electron chi connectivity index (χ0n) is 11.0. The highest BCUT2D eigenvalue weighted by atomic mass is 32.1. The largest absolute Gasteiger partial charge is 0.482 e. The summed E-state index contributed by atoms with van der Waals surface area (Å²) in [5.74, 6) is 0.454. The zero-order valence-corrected chi connectivity index (χ0v) is 11.8. The van der Waals surface area contributed by atoms with Crippen molar-refractivity contribution in [3.05, 3.63) is 34.5 Å². The molecule has 0 aliphatic carbocycles. The monoisotopic (exact) mass is 289 g/mol. The van der Waals surface area contributed by atoms with Crippen molar-refractivity contribution in [2.75, 3.05) is 23.0 Å². The highest BCUT2D eigenvalue weighted by Crippen LogP contribution is 2.36. The normalized spacial score (nSPS) is 14.9. The van der Waals surface area contributed by atoms with Crippen LogP contribution in [0.4, 0.5) is 17.1 Å². The van der Waals surface area contributed by atoms with Crippen molar-refractivity contribution in [3.63, 3.8) is 0 Å². The molecule has 4 N–H and O–H groups in total. The lowest BCUT2D eigenvalue weighted by Crippen LogP contribution is -2.25.